The van der Waals surface area contributed by atoms with Gasteiger partial charge < -0.3 is 24.4 Å². The summed E-state index contributed by atoms with van der Waals surface area (Å²) in [4.78, 5) is 48.6. The highest BCUT2D eigenvalue weighted by molar-refractivity contribution is 6.33. The van der Waals surface area contributed by atoms with Gasteiger partial charge in [0, 0.05) is 50.4 Å². The van der Waals surface area contributed by atoms with Crippen molar-refractivity contribution in [3.8, 4) is 11.4 Å². The summed E-state index contributed by atoms with van der Waals surface area (Å²) >= 11 is 6.13. The summed E-state index contributed by atoms with van der Waals surface area (Å²) in [5.74, 6) is -0.284. The average molecular weight is 714 g/mol. The Labute approximate surface area is 289 Å². The quantitative estimate of drug-likeness (QED) is 0.248. The molecule has 0 aliphatic carbocycles. The second-order valence-electron chi connectivity index (χ2n) is 13.0. The van der Waals surface area contributed by atoms with E-state index in [0.29, 0.717) is 36.5 Å². The number of alkyl halides is 3. The first-order valence-electron chi connectivity index (χ1n) is 15.9. The van der Waals surface area contributed by atoms with Crippen molar-refractivity contribution in [3.05, 3.63) is 69.2 Å². The van der Waals surface area contributed by atoms with Crippen LogP contribution in [0.25, 0.3) is 28.1 Å². The molecule has 1 N–H and O–H groups in total. The van der Waals surface area contributed by atoms with E-state index in [4.69, 9.17) is 21.3 Å². The van der Waals surface area contributed by atoms with Crippen LogP contribution >= 0.6 is 11.6 Å². The first-order chi connectivity index (χ1) is 23.5. The van der Waals surface area contributed by atoms with Gasteiger partial charge in [-0.15, -0.1) is 5.10 Å². The van der Waals surface area contributed by atoms with Gasteiger partial charge in [0.1, 0.15) is 17.8 Å². The van der Waals surface area contributed by atoms with Crippen LogP contribution in [0.5, 0.6) is 0 Å². The van der Waals surface area contributed by atoms with E-state index in [-0.39, 0.29) is 41.9 Å². The van der Waals surface area contributed by atoms with Crippen LogP contribution < -0.4 is 15.8 Å². The summed E-state index contributed by atoms with van der Waals surface area (Å²) in [6, 6.07) is 8.11. The summed E-state index contributed by atoms with van der Waals surface area (Å²) < 4.78 is 49.6. The Morgan fingerprint density at radius 3 is 2.38 bits per heavy atom. The summed E-state index contributed by atoms with van der Waals surface area (Å²) in [7, 11) is 1.81. The number of aromatic nitrogens is 6. The van der Waals surface area contributed by atoms with Gasteiger partial charge in [-0.1, -0.05) is 18.5 Å². The third-order valence-electron chi connectivity index (χ3n) is 8.16. The zero-order valence-corrected chi connectivity index (χ0v) is 28.8. The van der Waals surface area contributed by atoms with Crippen LogP contribution in [-0.4, -0.2) is 77.6 Å². The highest BCUT2D eigenvalue weighted by atomic mass is 35.5. The fourth-order valence-corrected chi connectivity index (χ4v) is 6.13. The molecule has 0 spiro atoms. The molecule has 4 heterocycles. The van der Waals surface area contributed by atoms with Crippen molar-refractivity contribution in [2.24, 2.45) is 7.05 Å². The highest BCUT2D eigenvalue weighted by Gasteiger charge is 2.32. The van der Waals surface area contributed by atoms with Crippen LogP contribution in [0.1, 0.15) is 39.0 Å². The van der Waals surface area contributed by atoms with Crippen molar-refractivity contribution < 1.29 is 27.5 Å². The van der Waals surface area contributed by atoms with E-state index in [9.17, 15) is 27.6 Å². The predicted octanol–water partition coefficient (Wildman–Crippen LogP) is 5.38. The number of aryl methyl sites for hydroxylation is 1. The molecule has 0 atom stereocenters. The number of amides is 2. The summed E-state index contributed by atoms with van der Waals surface area (Å²) in [6.45, 7) is 8.01. The molecule has 2 aromatic carbocycles. The number of nitrogens with zero attached hydrogens (tertiary/aromatic N) is 8. The molecule has 264 valence electrons. The number of piperazine rings is 1. The number of hydrogen-bond acceptors (Lipinski definition) is 8. The van der Waals surface area contributed by atoms with Crippen LogP contribution in [0.15, 0.2) is 47.4 Å². The number of carbonyl (C=O) groups excluding carboxylic acids is 2. The van der Waals surface area contributed by atoms with Crippen molar-refractivity contribution in [2.45, 2.75) is 52.4 Å². The molecule has 5 aromatic rings. The molecule has 2 amide bonds. The third-order valence-corrected chi connectivity index (χ3v) is 8.47. The minimum absolute atomic E-state index is 0.00908. The van der Waals surface area contributed by atoms with Gasteiger partial charge in [0.15, 0.2) is 5.82 Å². The Kier molecular flexibility index (Phi) is 9.01. The lowest BCUT2D eigenvalue weighted by Gasteiger charge is -2.37. The van der Waals surface area contributed by atoms with Crippen LogP contribution in [-0.2, 0) is 35.7 Å². The maximum absolute atomic E-state index is 14.2. The van der Waals surface area contributed by atoms with E-state index >= 15 is 0 Å². The molecule has 1 saturated heterocycles. The van der Waals surface area contributed by atoms with Gasteiger partial charge in [0.2, 0.25) is 11.7 Å². The Hall–Kier alpha value is -5.12. The van der Waals surface area contributed by atoms with Crippen LogP contribution in [0.2, 0.25) is 5.02 Å². The van der Waals surface area contributed by atoms with Crippen LogP contribution in [0.4, 0.5) is 29.3 Å². The largest absolute Gasteiger partial charge is 0.444 e. The Morgan fingerprint density at radius 2 is 1.74 bits per heavy atom. The lowest BCUT2D eigenvalue weighted by molar-refractivity contribution is -0.137. The maximum Gasteiger partial charge on any atom is 0.416 e. The van der Waals surface area contributed by atoms with Crippen molar-refractivity contribution in [1.82, 2.24) is 33.8 Å². The topological polar surface area (TPSA) is 132 Å². The van der Waals surface area contributed by atoms with Crippen LogP contribution in [0.3, 0.4) is 0 Å². The Balaban J connectivity index is 1.40. The molecule has 6 rings (SSSR count). The highest BCUT2D eigenvalue weighted by Crippen LogP contribution is 2.34. The summed E-state index contributed by atoms with van der Waals surface area (Å²) in [6.07, 6.45) is -2.91. The molecule has 0 bridgehead atoms. The summed E-state index contributed by atoms with van der Waals surface area (Å²) in [5, 5.41) is 12.1. The minimum Gasteiger partial charge on any atom is -0.444 e. The average Bonchev–Trinajstić information content (AvgIpc) is 3.65. The van der Waals surface area contributed by atoms with E-state index in [1.807, 2.05) is 30.2 Å². The molecule has 3 aromatic heterocycles. The Bertz CT molecular complexity index is 2180. The molecular formula is C33H35ClF3N9O4. The standard InChI is InChI=1S/C33H35ClF3N9O4/c1-6-25-27(43-11-13-44(14-12-43)31(49)50-32(2,3)4)29(48)46-30(39-28(41-46)19-7-9-23-20(15-19)17-42(5)40-23)45(25)18-26(47)38-24-10-8-21(16-22(24)34)33(35,36)37/h7-10,15-17H,6,11-14,18H2,1-5H3,(H,38,47). The van der Waals surface area contributed by atoms with E-state index in [0.717, 1.165) is 33.6 Å². The van der Waals surface area contributed by atoms with Crippen LogP contribution in [0, 0.1) is 0 Å². The van der Waals surface area contributed by atoms with Crippen molar-refractivity contribution in [1.29, 1.82) is 0 Å². The number of carbonyl (C=O) groups is 2. The van der Waals surface area contributed by atoms with Crippen molar-refractivity contribution >= 4 is 51.7 Å². The number of ether oxygens (including phenoxy) is 1. The third kappa shape index (κ3) is 6.97. The normalized spacial score (nSPS) is 14.1. The minimum atomic E-state index is -4.61. The number of fused-ring (bicyclic) bond motifs is 2. The molecule has 17 heteroatoms. The van der Waals surface area contributed by atoms with Gasteiger partial charge >= 0.3 is 12.3 Å². The van der Waals surface area contributed by atoms with Gasteiger partial charge in [-0.3, -0.25) is 14.3 Å². The van der Waals surface area contributed by atoms with Gasteiger partial charge in [-0.05, 0) is 63.6 Å². The molecule has 13 nitrogen and oxygen atoms in total. The molecule has 1 aliphatic heterocycles. The zero-order valence-electron chi connectivity index (χ0n) is 28.0. The number of nitrogens with one attached hydrogen (secondary N) is 1. The SMILES string of the molecule is CCc1c(N2CCN(C(=O)OC(C)(C)C)CC2)c(=O)n2nc(-c3ccc4nn(C)cc4c3)nc2n1CC(=O)Nc1ccc(C(F)(F)F)cc1Cl. The molecule has 1 aliphatic rings. The number of hydrogen-bond donors (Lipinski definition) is 1. The molecule has 0 saturated carbocycles. The second kappa shape index (κ2) is 13.0. The van der Waals surface area contributed by atoms with E-state index in [2.05, 4.69) is 15.5 Å². The number of halogens is 4. The monoisotopic (exact) mass is 713 g/mol. The summed E-state index contributed by atoms with van der Waals surface area (Å²) in [5.41, 5.74) is 0.0851. The molecule has 0 unspecified atom stereocenters. The van der Waals surface area contributed by atoms with Crippen molar-refractivity contribution in [2.75, 3.05) is 36.4 Å². The lowest BCUT2D eigenvalue weighted by atomic mass is 10.1. The van der Waals surface area contributed by atoms with Gasteiger partial charge in [-0.25, -0.2) is 4.79 Å². The van der Waals surface area contributed by atoms with Crippen molar-refractivity contribution in [3.63, 3.8) is 0 Å². The number of rotatable bonds is 6. The Morgan fingerprint density at radius 1 is 1.02 bits per heavy atom. The number of anilines is 2. The van der Waals surface area contributed by atoms with E-state index < -0.39 is 34.9 Å². The first kappa shape index (κ1) is 34.7. The fourth-order valence-electron chi connectivity index (χ4n) is 5.91. The van der Waals surface area contributed by atoms with Gasteiger partial charge in [0.05, 0.1) is 27.5 Å². The zero-order chi connectivity index (χ0) is 36.1. The van der Waals surface area contributed by atoms with Gasteiger partial charge in [0.25, 0.3) is 5.56 Å². The second-order valence-corrected chi connectivity index (χ2v) is 13.4. The predicted molar refractivity (Wildman–Crippen MR) is 181 cm³/mol. The molecular weight excluding hydrogens is 679 g/mol. The van der Waals surface area contributed by atoms with E-state index in [1.54, 1.807) is 48.0 Å². The molecule has 1 fully saturated rings. The molecule has 0 radical (unpaired) electrons. The lowest BCUT2D eigenvalue weighted by Crippen LogP contribution is -2.51. The molecule has 50 heavy (non-hydrogen) atoms. The van der Waals surface area contributed by atoms with Gasteiger partial charge in [-0.2, -0.15) is 27.8 Å². The van der Waals surface area contributed by atoms with E-state index in [1.165, 1.54) is 0 Å². The smallest absolute Gasteiger partial charge is 0.416 e. The first-order valence-corrected chi connectivity index (χ1v) is 16.3. The number of benzene rings is 2. The maximum atomic E-state index is 14.2. The fraction of sp³-hybridized carbons (Fsp3) is 0.394.